The van der Waals surface area contributed by atoms with Crippen LogP contribution in [0.5, 0.6) is 0 Å². The normalized spacial score (nSPS) is 9.40. The van der Waals surface area contributed by atoms with E-state index >= 15 is 0 Å². The van der Waals surface area contributed by atoms with Crippen LogP contribution in [0.1, 0.15) is 5.82 Å². The molecule has 0 fully saturated rings. The summed E-state index contributed by atoms with van der Waals surface area (Å²) in [4.78, 5) is 17.4. The van der Waals surface area contributed by atoms with E-state index in [1.54, 1.807) is 6.92 Å². The van der Waals surface area contributed by atoms with E-state index in [1.165, 1.54) is 6.20 Å². The molecule has 4 nitrogen and oxygen atoms in total. The molecule has 0 radical (unpaired) electrons. The molecule has 1 rings (SSSR count). The van der Waals surface area contributed by atoms with Crippen molar-refractivity contribution >= 4 is 17.3 Å². The van der Waals surface area contributed by atoms with E-state index < -0.39 is 0 Å². The van der Waals surface area contributed by atoms with Crippen LogP contribution in [0, 0.1) is 11.8 Å². The number of aryl methyl sites for hydroxylation is 1. The molecule has 5 heteroatoms. The number of nitroso groups, excluding NO2 is 1. The molecular weight excluding hydrogens is 154 g/mol. The van der Waals surface area contributed by atoms with Gasteiger partial charge in [0.25, 0.3) is 0 Å². The third-order valence-corrected chi connectivity index (χ3v) is 1.22. The van der Waals surface area contributed by atoms with Crippen LogP contribution in [0.2, 0.25) is 5.15 Å². The van der Waals surface area contributed by atoms with E-state index in [-0.39, 0.29) is 10.8 Å². The predicted molar refractivity (Wildman–Crippen MR) is 37.2 cm³/mol. The van der Waals surface area contributed by atoms with E-state index in [0.717, 1.165) is 0 Å². The molecule has 0 bridgehead atoms. The Labute approximate surface area is 62.2 Å². The Hall–Kier alpha value is -1.03. The van der Waals surface area contributed by atoms with E-state index in [2.05, 4.69) is 15.1 Å². The van der Waals surface area contributed by atoms with E-state index in [1.807, 2.05) is 0 Å². The molecule has 1 heterocycles. The molecule has 0 aliphatic carbocycles. The molecule has 0 aliphatic heterocycles. The van der Waals surface area contributed by atoms with Gasteiger partial charge < -0.3 is 0 Å². The maximum Gasteiger partial charge on any atom is 0.163 e. The molecule has 0 amide bonds. The molecule has 0 saturated carbocycles. The summed E-state index contributed by atoms with van der Waals surface area (Å²) < 4.78 is 0. The number of hydrogen-bond acceptors (Lipinski definition) is 4. The van der Waals surface area contributed by atoms with Crippen LogP contribution in [-0.4, -0.2) is 9.97 Å². The van der Waals surface area contributed by atoms with Crippen LogP contribution in [-0.2, 0) is 0 Å². The third-order valence-electron chi connectivity index (χ3n) is 0.943. The van der Waals surface area contributed by atoms with Crippen molar-refractivity contribution in [3.63, 3.8) is 0 Å². The summed E-state index contributed by atoms with van der Waals surface area (Å²) in [5.74, 6) is 0.525. The average Bonchev–Trinajstić information content (AvgIpc) is 1.88. The summed E-state index contributed by atoms with van der Waals surface area (Å²) >= 11 is 5.48. The van der Waals surface area contributed by atoms with Gasteiger partial charge in [0, 0.05) is 0 Å². The second-order valence-corrected chi connectivity index (χ2v) is 2.04. The predicted octanol–water partition coefficient (Wildman–Crippen LogP) is 1.84. The summed E-state index contributed by atoms with van der Waals surface area (Å²) in [5.41, 5.74) is 0.0762. The summed E-state index contributed by atoms with van der Waals surface area (Å²) in [6, 6.07) is 0. The fourth-order valence-corrected chi connectivity index (χ4v) is 0.703. The van der Waals surface area contributed by atoms with Crippen molar-refractivity contribution in [2.75, 3.05) is 0 Å². The maximum atomic E-state index is 9.92. The van der Waals surface area contributed by atoms with Crippen LogP contribution in [0.15, 0.2) is 11.4 Å². The number of halogens is 1. The molecule has 52 valence electrons. The zero-order valence-corrected chi connectivity index (χ0v) is 5.96. The first-order valence-electron chi connectivity index (χ1n) is 2.56. The fourth-order valence-electron chi connectivity index (χ4n) is 0.497. The van der Waals surface area contributed by atoms with Gasteiger partial charge in [-0.1, -0.05) is 11.6 Å². The Balaban J connectivity index is 3.19. The zero-order chi connectivity index (χ0) is 7.56. The molecule has 0 saturated heterocycles. The molecule has 0 unspecified atom stereocenters. The quantitative estimate of drug-likeness (QED) is 0.462. The van der Waals surface area contributed by atoms with E-state index in [0.29, 0.717) is 5.82 Å². The number of aromatic nitrogens is 2. The first-order chi connectivity index (χ1) is 4.74. The highest BCUT2D eigenvalue weighted by molar-refractivity contribution is 6.31. The van der Waals surface area contributed by atoms with Gasteiger partial charge >= 0.3 is 0 Å². The van der Waals surface area contributed by atoms with E-state index in [4.69, 9.17) is 11.6 Å². The Morgan fingerprint density at radius 2 is 2.40 bits per heavy atom. The highest BCUT2D eigenvalue weighted by Crippen LogP contribution is 2.19. The Morgan fingerprint density at radius 1 is 1.70 bits per heavy atom. The molecule has 0 aliphatic rings. The topological polar surface area (TPSA) is 55.2 Å². The first-order valence-corrected chi connectivity index (χ1v) is 2.94. The van der Waals surface area contributed by atoms with Crippen LogP contribution in [0.25, 0.3) is 0 Å². The lowest BCUT2D eigenvalue weighted by Gasteiger charge is -1.92. The summed E-state index contributed by atoms with van der Waals surface area (Å²) in [6.45, 7) is 1.68. The van der Waals surface area contributed by atoms with E-state index in [9.17, 15) is 4.91 Å². The van der Waals surface area contributed by atoms with Crippen molar-refractivity contribution in [3.8, 4) is 0 Å². The minimum Gasteiger partial charge on any atom is -0.239 e. The van der Waals surface area contributed by atoms with Crippen molar-refractivity contribution < 1.29 is 0 Å². The van der Waals surface area contributed by atoms with Gasteiger partial charge in [0.15, 0.2) is 10.8 Å². The van der Waals surface area contributed by atoms with Gasteiger partial charge in [0.05, 0.1) is 6.20 Å². The fraction of sp³-hybridized carbons (Fsp3) is 0.200. The molecule has 1 aromatic rings. The van der Waals surface area contributed by atoms with Crippen LogP contribution in [0.4, 0.5) is 5.69 Å². The number of rotatable bonds is 1. The van der Waals surface area contributed by atoms with Crippen molar-refractivity contribution in [2.45, 2.75) is 6.92 Å². The van der Waals surface area contributed by atoms with Crippen molar-refractivity contribution in [2.24, 2.45) is 5.18 Å². The Kier molecular flexibility index (Phi) is 1.91. The Morgan fingerprint density at radius 3 is 2.90 bits per heavy atom. The van der Waals surface area contributed by atoms with Crippen LogP contribution < -0.4 is 0 Å². The van der Waals surface area contributed by atoms with Gasteiger partial charge in [-0.3, -0.25) is 0 Å². The lowest BCUT2D eigenvalue weighted by atomic mass is 10.5. The minimum absolute atomic E-state index is 0.0762. The SMILES string of the molecule is Cc1ncc(N=O)c(Cl)n1. The molecule has 0 N–H and O–H groups in total. The summed E-state index contributed by atoms with van der Waals surface area (Å²) in [5, 5.41) is 2.70. The highest BCUT2D eigenvalue weighted by atomic mass is 35.5. The molecular formula is C5H4ClN3O. The summed E-state index contributed by atoms with van der Waals surface area (Å²) in [7, 11) is 0. The number of nitrogens with zero attached hydrogens (tertiary/aromatic N) is 3. The average molecular weight is 158 g/mol. The molecule has 0 aromatic carbocycles. The molecule has 1 aromatic heterocycles. The van der Waals surface area contributed by atoms with Gasteiger partial charge in [0.2, 0.25) is 0 Å². The van der Waals surface area contributed by atoms with Crippen molar-refractivity contribution in [3.05, 3.63) is 22.1 Å². The van der Waals surface area contributed by atoms with Crippen LogP contribution in [0.3, 0.4) is 0 Å². The minimum atomic E-state index is 0.0762. The molecule has 10 heavy (non-hydrogen) atoms. The van der Waals surface area contributed by atoms with Gasteiger partial charge in [-0.25, -0.2) is 9.97 Å². The van der Waals surface area contributed by atoms with Crippen molar-refractivity contribution in [1.29, 1.82) is 0 Å². The zero-order valence-electron chi connectivity index (χ0n) is 5.21. The van der Waals surface area contributed by atoms with Crippen LogP contribution >= 0.6 is 11.6 Å². The van der Waals surface area contributed by atoms with Gasteiger partial charge in [-0.15, -0.1) is 4.91 Å². The maximum absolute atomic E-state index is 9.92. The van der Waals surface area contributed by atoms with Gasteiger partial charge in [0.1, 0.15) is 5.82 Å². The first kappa shape index (κ1) is 7.08. The second-order valence-electron chi connectivity index (χ2n) is 1.68. The standard InChI is InChI=1S/C5H4ClN3O/c1-3-7-2-4(9-10)5(6)8-3/h2H,1H3. The smallest absolute Gasteiger partial charge is 0.163 e. The number of hydrogen-bond donors (Lipinski definition) is 0. The lowest BCUT2D eigenvalue weighted by molar-refractivity contribution is 1.05. The van der Waals surface area contributed by atoms with Crippen molar-refractivity contribution in [1.82, 2.24) is 9.97 Å². The Bertz CT molecular complexity index is 263. The largest absolute Gasteiger partial charge is 0.239 e. The van der Waals surface area contributed by atoms with Gasteiger partial charge in [-0.05, 0) is 12.1 Å². The third kappa shape index (κ3) is 1.27. The molecule has 0 spiro atoms. The second kappa shape index (κ2) is 2.70. The van der Waals surface area contributed by atoms with Gasteiger partial charge in [-0.2, -0.15) is 0 Å². The monoisotopic (exact) mass is 157 g/mol. The lowest BCUT2D eigenvalue weighted by Crippen LogP contribution is -1.85. The highest BCUT2D eigenvalue weighted by Gasteiger charge is 2.00. The summed E-state index contributed by atoms with van der Waals surface area (Å²) in [6.07, 6.45) is 1.29. The molecule has 0 atom stereocenters.